The van der Waals surface area contributed by atoms with Crippen molar-refractivity contribution in [3.63, 3.8) is 0 Å². The summed E-state index contributed by atoms with van der Waals surface area (Å²) in [5, 5.41) is 0.787. The molecule has 1 aromatic carbocycles. The van der Waals surface area contributed by atoms with Gasteiger partial charge in [-0.05, 0) is 25.7 Å². The first-order chi connectivity index (χ1) is 7.20. The molecule has 0 aliphatic rings. The molecule has 0 radical (unpaired) electrons. The Hall–Kier alpha value is -1.05. The Kier molecular flexibility index (Phi) is 5.16. The Morgan fingerprint density at radius 3 is 2.60 bits per heavy atom. The first kappa shape index (κ1) is 12.0. The number of nitrogens with zero attached hydrogens (tertiary/aromatic N) is 1. The highest BCUT2D eigenvalue weighted by Crippen LogP contribution is 2.15. The van der Waals surface area contributed by atoms with E-state index in [1.165, 1.54) is 0 Å². The number of hydrogen-bond donors (Lipinski definition) is 0. The van der Waals surface area contributed by atoms with E-state index in [1.807, 2.05) is 56.6 Å². The molecule has 0 N–H and O–H groups in total. The normalized spacial score (nSPS) is 12.0. The van der Waals surface area contributed by atoms with Gasteiger partial charge >= 0.3 is 0 Å². The van der Waals surface area contributed by atoms with E-state index in [9.17, 15) is 0 Å². The molecule has 1 nitrogen and oxygen atoms in total. The SMILES string of the molecule is CN(C)C/C=C/C=C/c1ccccc1Cl. The molecule has 1 rings (SSSR count). The smallest absolute Gasteiger partial charge is 0.0478 e. The lowest BCUT2D eigenvalue weighted by Gasteiger charge is -2.02. The van der Waals surface area contributed by atoms with E-state index < -0.39 is 0 Å². The molecule has 80 valence electrons. The lowest BCUT2D eigenvalue weighted by Crippen LogP contribution is -2.10. The van der Waals surface area contributed by atoms with Gasteiger partial charge in [0.2, 0.25) is 0 Å². The van der Waals surface area contributed by atoms with Crippen LogP contribution in [0.2, 0.25) is 5.02 Å². The van der Waals surface area contributed by atoms with E-state index in [-0.39, 0.29) is 0 Å². The fourth-order valence-electron chi connectivity index (χ4n) is 1.12. The third-order valence-corrected chi connectivity index (χ3v) is 2.24. The monoisotopic (exact) mass is 221 g/mol. The maximum absolute atomic E-state index is 6.00. The minimum absolute atomic E-state index is 0.787. The van der Waals surface area contributed by atoms with E-state index in [1.54, 1.807) is 0 Å². The molecule has 1 aromatic rings. The molecule has 0 aliphatic heterocycles. The summed E-state index contributed by atoms with van der Waals surface area (Å²) in [6.07, 6.45) is 8.15. The van der Waals surface area contributed by atoms with E-state index in [0.717, 1.165) is 17.1 Å². The number of benzene rings is 1. The standard InChI is InChI=1S/C13H16ClN/c1-15(2)11-7-3-4-8-12-9-5-6-10-13(12)14/h3-10H,11H2,1-2H3/b7-3+,8-4+. The number of halogens is 1. The highest BCUT2D eigenvalue weighted by Gasteiger charge is 1.91. The van der Waals surface area contributed by atoms with Crippen molar-refractivity contribution >= 4 is 17.7 Å². The summed E-state index contributed by atoms with van der Waals surface area (Å²) in [5.41, 5.74) is 1.05. The molecule has 0 atom stereocenters. The number of likely N-dealkylation sites (N-methyl/N-ethyl adjacent to an activating group) is 1. The van der Waals surface area contributed by atoms with Gasteiger partial charge in [-0.2, -0.15) is 0 Å². The molecule has 2 heteroatoms. The second kappa shape index (κ2) is 6.44. The molecular weight excluding hydrogens is 206 g/mol. The van der Waals surface area contributed by atoms with Crippen LogP contribution in [0.4, 0.5) is 0 Å². The van der Waals surface area contributed by atoms with Gasteiger partial charge in [0.15, 0.2) is 0 Å². The van der Waals surface area contributed by atoms with Crippen LogP contribution in [-0.2, 0) is 0 Å². The molecule has 0 fully saturated rings. The Balaban J connectivity index is 2.52. The van der Waals surface area contributed by atoms with Crippen molar-refractivity contribution < 1.29 is 0 Å². The van der Waals surface area contributed by atoms with Crippen LogP contribution < -0.4 is 0 Å². The Morgan fingerprint density at radius 1 is 1.20 bits per heavy atom. The first-order valence-corrected chi connectivity index (χ1v) is 5.30. The van der Waals surface area contributed by atoms with Gasteiger partial charge in [-0.3, -0.25) is 0 Å². The number of allylic oxidation sites excluding steroid dienone is 2. The van der Waals surface area contributed by atoms with Crippen molar-refractivity contribution in [2.75, 3.05) is 20.6 Å². The minimum atomic E-state index is 0.787. The van der Waals surface area contributed by atoms with Gasteiger partial charge in [-0.1, -0.05) is 54.1 Å². The summed E-state index contributed by atoms with van der Waals surface area (Å²) >= 11 is 6.00. The average Bonchev–Trinajstić information content (AvgIpc) is 2.20. The Morgan fingerprint density at radius 2 is 1.93 bits per heavy atom. The lowest BCUT2D eigenvalue weighted by atomic mass is 10.2. The largest absolute Gasteiger partial charge is 0.306 e. The summed E-state index contributed by atoms with van der Waals surface area (Å²) in [7, 11) is 4.09. The molecule has 0 aliphatic carbocycles. The summed E-state index contributed by atoms with van der Waals surface area (Å²) in [4.78, 5) is 2.11. The molecule has 0 bridgehead atoms. The van der Waals surface area contributed by atoms with E-state index in [2.05, 4.69) is 11.0 Å². The summed E-state index contributed by atoms with van der Waals surface area (Å²) < 4.78 is 0. The summed E-state index contributed by atoms with van der Waals surface area (Å²) in [6.45, 7) is 0.951. The van der Waals surface area contributed by atoms with Crippen LogP contribution in [-0.4, -0.2) is 25.5 Å². The topological polar surface area (TPSA) is 3.24 Å². The van der Waals surface area contributed by atoms with E-state index >= 15 is 0 Å². The van der Waals surface area contributed by atoms with Crippen molar-refractivity contribution in [2.24, 2.45) is 0 Å². The molecule has 0 unspecified atom stereocenters. The summed E-state index contributed by atoms with van der Waals surface area (Å²) in [5.74, 6) is 0. The predicted octanol–water partition coefficient (Wildman–Crippen LogP) is 3.47. The molecule has 0 spiro atoms. The highest BCUT2D eigenvalue weighted by molar-refractivity contribution is 6.32. The van der Waals surface area contributed by atoms with E-state index in [0.29, 0.717) is 0 Å². The van der Waals surface area contributed by atoms with Gasteiger partial charge in [-0.25, -0.2) is 0 Å². The molecule has 0 heterocycles. The van der Waals surface area contributed by atoms with Gasteiger partial charge < -0.3 is 4.90 Å². The zero-order valence-electron chi connectivity index (χ0n) is 9.15. The molecular formula is C13H16ClN. The second-order valence-corrected chi connectivity index (χ2v) is 3.98. The van der Waals surface area contributed by atoms with Gasteiger partial charge in [0.05, 0.1) is 0 Å². The zero-order chi connectivity index (χ0) is 11.1. The van der Waals surface area contributed by atoms with Gasteiger partial charge in [0, 0.05) is 11.6 Å². The van der Waals surface area contributed by atoms with Gasteiger partial charge in [0.1, 0.15) is 0 Å². The van der Waals surface area contributed by atoms with Gasteiger partial charge in [-0.15, -0.1) is 0 Å². The number of rotatable bonds is 4. The van der Waals surface area contributed by atoms with Crippen molar-refractivity contribution in [3.05, 3.63) is 53.1 Å². The van der Waals surface area contributed by atoms with Crippen molar-refractivity contribution in [1.82, 2.24) is 4.90 Å². The quantitative estimate of drug-likeness (QED) is 0.704. The molecule has 0 saturated carbocycles. The Labute approximate surface area is 96.7 Å². The minimum Gasteiger partial charge on any atom is -0.306 e. The van der Waals surface area contributed by atoms with Crippen LogP contribution in [0, 0.1) is 0 Å². The summed E-state index contributed by atoms with van der Waals surface area (Å²) in [6, 6.07) is 7.81. The van der Waals surface area contributed by atoms with Crippen LogP contribution in [0.5, 0.6) is 0 Å². The molecule has 0 saturated heterocycles. The third-order valence-electron chi connectivity index (χ3n) is 1.90. The zero-order valence-corrected chi connectivity index (χ0v) is 9.91. The lowest BCUT2D eigenvalue weighted by molar-refractivity contribution is 0.456. The third kappa shape index (κ3) is 4.82. The van der Waals surface area contributed by atoms with Crippen LogP contribution >= 0.6 is 11.6 Å². The van der Waals surface area contributed by atoms with Crippen LogP contribution in [0.3, 0.4) is 0 Å². The van der Waals surface area contributed by atoms with Gasteiger partial charge in [0.25, 0.3) is 0 Å². The van der Waals surface area contributed by atoms with Crippen LogP contribution in [0.25, 0.3) is 6.08 Å². The maximum atomic E-state index is 6.00. The van der Waals surface area contributed by atoms with Crippen LogP contribution in [0.1, 0.15) is 5.56 Å². The fourth-order valence-corrected chi connectivity index (χ4v) is 1.32. The molecule has 0 aromatic heterocycles. The molecule has 0 amide bonds. The van der Waals surface area contributed by atoms with Crippen molar-refractivity contribution in [3.8, 4) is 0 Å². The maximum Gasteiger partial charge on any atom is 0.0478 e. The fraction of sp³-hybridized carbons (Fsp3) is 0.231. The predicted molar refractivity (Wildman–Crippen MR) is 68.2 cm³/mol. The first-order valence-electron chi connectivity index (χ1n) is 4.92. The average molecular weight is 222 g/mol. The van der Waals surface area contributed by atoms with Crippen molar-refractivity contribution in [2.45, 2.75) is 0 Å². The number of hydrogen-bond acceptors (Lipinski definition) is 1. The van der Waals surface area contributed by atoms with E-state index in [4.69, 9.17) is 11.6 Å². The Bertz CT molecular complexity index is 353. The highest BCUT2D eigenvalue weighted by atomic mass is 35.5. The molecule has 15 heavy (non-hydrogen) atoms. The van der Waals surface area contributed by atoms with Crippen LogP contribution in [0.15, 0.2) is 42.5 Å². The van der Waals surface area contributed by atoms with Crippen molar-refractivity contribution in [1.29, 1.82) is 0 Å². The second-order valence-electron chi connectivity index (χ2n) is 3.57.